The fourth-order valence-electron chi connectivity index (χ4n) is 2.68. The summed E-state index contributed by atoms with van der Waals surface area (Å²) in [6.45, 7) is 2.27. The zero-order chi connectivity index (χ0) is 14.2. The number of hydrogen-bond acceptors (Lipinski definition) is 1. The van der Waals surface area contributed by atoms with Crippen LogP contribution in [0.2, 0.25) is 0 Å². The Kier molecular flexibility index (Phi) is 6.89. The largest absolute Gasteiger partial charge is 0.143 e. The third-order valence-electron chi connectivity index (χ3n) is 3.91. The fourth-order valence-corrected chi connectivity index (χ4v) is 4.10. The van der Waals surface area contributed by atoms with E-state index in [9.17, 15) is 0 Å². The van der Waals surface area contributed by atoms with Crippen LogP contribution in [0.25, 0.3) is 10.1 Å². The monoisotopic (exact) mass is 308 g/mol. The Hall–Kier alpha value is -0.530. The summed E-state index contributed by atoms with van der Waals surface area (Å²) in [5, 5.41) is 3.77. The van der Waals surface area contributed by atoms with Crippen LogP contribution in [-0.2, 0) is 0 Å². The summed E-state index contributed by atoms with van der Waals surface area (Å²) in [5.74, 6) is 0. The maximum atomic E-state index is 6.60. The lowest BCUT2D eigenvalue weighted by Gasteiger charge is -2.08. The molecule has 0 amide bonds. The molecular formula is C18H25ClS. The van der Waals surface area contributed by atoms with Gasteiger partial charge in [0.05, 0.1) is 5.38 Å². The van der Waals surface area contributed by atoms with Crippen LogP contribution in [0.15, 0.2) is 29.6 Å². The van der Waals surface area contributed by atoms with E-state index in [1.165, 1.54) is 60.6 Å². The van der Waals surface area contributed by atoms with E-state index < -0.39 is 0 Å². The lowest BCUT2D eigenvalue weighted by Crippen LogP contribution is -1.90. The molecule has 2 heteroatoms. The van der Waals surface area contributed by atoms with Gasteiger partial charge in [0.1, 0.15) is 0 Å². The van der Waals surface area contributed by atoms with Crippen molar-refractivity contribution in [2.24, 2.45) is 0 Å². The van der Waals surface area contributed by atoms with Crippen molar-refractivity contribution < 1.29 is 0 Å². The number of fused-ring (bicyclic) bond motifs is 1. The molecular weight excluding hydrogens is 284 g/mol. The molecule has 0 aliphatic carbocycles. The van der Waals surface area contributed by atoms with Crippen LogP contribution >= 0.6 is 22.9 Å². The summed E-state index contributed by atoms with van der Waals surface area (Å²) in [6, 6.07) is 8.58. The molecule has 2 aromatic rings. The van der Waals surface area contributed by atoms with Crippen molar-refractivity contribution in [1.29, 1.82) is 0 Å². The highest BCUT2D eigenvalue weighted by Gasteiger charge is 2.12. The highest BCUT2D eigenvalue weighted by atomic mass is 35.5. The highest BCUT2D eigenvalue weighted by molar-refractivity contribution is 7.17. The zero-order valence-electron chi connectivity index (χ0n) is 12.4. The topological polar surface area (TPSA) is 0 Å². The maximum Gasteiger partial charge on any atom is 0.0599 e. The van der Waals surface area contributed by atoms with Gasteiger partial charge in [0, 0.05) is 4.70 Å². The fraction of sp³-hybridized carbons (Fsp3) is 0.556. The van der Waals surface area contributed by atoms with E-state index in [0.717, 1.165) is 6.42 Å². The molecule has 1 aromatic carbocycles. The van der Waals surface area contributed by atoms with E-state index in [0.29, 0.717) is 0 Å². The molecule has 0 spiro atoms. The van der Waals surface area contributed by atoms with Crippen LogP contribution in [0.1, 0.15) is 69.2 Å². The molecule has 0 saturated heterocycles. The quantitative estimate of drug-likeness (QED) is 0.336. The van der Waals surface area contributed by atoms with E-state index in [1.54, 1.807) is 0 Å². The maximum absolute atomic E-state index is 6.60. The average molecular weight is 309 g/mol. The van der Waals surface area contributed by atoms with Gasteiger partial charge in [-0.2, -0.15) is 0 Å². The molecule has 1 aromatic heterocycles. The number of hydrogen-bond donors (Lipinski definition) is 0. The average Bonchev–Trinajstić information content (AvgIpc) is 2.90. The van der Waals surface area contributed by atoms with Gasteiger partial charge in [0.2, 0.25) is 0 Å². The highest BCUT2D eigenvalue weighted by Crippen LogP contribution is 2.36. The second-order valence-electron chi connectivity index (χ2n) is 5.56. The Labute approximate surface area is 132 Å². The summed E-state index contributed by atoms with van der Waals surface area (Å²) >= 11 is 8.41. The van der Waals surface area contributed by atoms with Gasteiger partial charge in [-0.1, -0.05) is 70.1 Å². The van der Waals surface area contributed by atoms with Crippen LogP contribution in [0.3, 0.4) is 0 Å². The first-order valence-corrected chi connectivity index (χ1v) is 9.24. The van der Waals surface area contributed by atoms with Gasteiger partial charge in [-0.3, -0.25) is 0 Å². The molecule has 0 radical (unpaired) electrons. The second-order valence-corrected chi connectivity index (χ2v) is 7.00. The first-order valence-electron chi connectivity index (χ1n) is 7.93. The molecule has 20 heavy (non-hydrogen) atoms. The summed E-state index contributed by atoms with van der Waals surface area (Å²) in [4.78, 5) is 0. The number of rotatable bonds is 9. The van der Waals surface area contributed by atoms with E-state index in [-0.39, 0.29) is 5.38 Å². The predicted octanol–water partition coefficient (Wildman–Crippen LogP) is 7.32. The normalized spacial score (nSPS) is 12.9. The van der Waals surface area contributed by atoms with Crippen molar-refractivity contribution in [2.75, 3.05) is 0 Å². The van der Waals surface area contributed by atoms with Crippen LogP contribution in [0.5, 0.6) is 0 Å². The lowest BCUT2D eigenvalue weighted by atomic mass is 10.0. The Bertz CT molecular complexity index is 503. The standard InChI is InChI=1S/C18H25ClS/c1-2-3-4-5-6-7-8-12-17(19)16-14-20-18-13-10-9-11-15(16)18/h9-11,13-14,17H,2-8,12H2,1H3. The van der Waals surface area contributed by atoms with Gasteiger partial charge < -0.3 is 0 Å². The second kappa shape index (κ2) is 8.69. The Balaban J connectivity index is 1.73. The van der Waals surface area contributed by atoms with Crippen molar-refractivity contribution in [1.82, 2.24) is 0 Å². The van der Waals surface area contributed by atoms with Crippen LogP contribution in [0, 0.1) is 0 Å². The summed E-state index contributed by atoms with van der Waals surface area (Å²) in [6.07, 6.45) is 10.6. The molecule has 110 valence electrons. The SMILES string of the molecule is CCCCCCCCCC(Cl)c1csc2ccccc12. The zero-order valence-corrected chi connectivity index (χ0v) is 14.0. The van der Waals surface area contributed by atoms with E-state index >= 15 is 0 Å². The Morgan fingerprint density at radius 1 is 1.00 bits per heavy atom. The lowest BCUT2D eigenvalue weighted by molar-refractivity contribution is 0.572. The first-order chi connectivity index (χ1) is 9.83. The van der Waals surface area contributed by atoms with Gasteiger partial charge in [0.25, 0.3) is 0 Å². The predicted molar refractivity (Wildman–Crippen MR) is 93.0 cm³/mol. The molecule has 0 N–H and O–H groups in total. The van der Waals surface area contributed by atoms with Gasteiger partial charge in [-0.25, -0.2) is 0 Å². The van der Waals surface area contributed by atoms with Gasteiger partial charge in [-0.05, 0) is 28.8 Å². The number of thiophene rings is 1. The molecule has 1 atom stereocenters. The molecule has 1 heterocycles. The van der Waals surface area contributed by atoms with Crippen LogP contribution in [0.4, 0.5) is 0 Å². The Morgan fingerprint density at radius 3 is 2.50 bits per heavy atom. The molecule has 0 saturated carbocycles. The summed E-state index contributed by atoms with van der Waals surface area (Å²) in [5.41, 5.74) is 1.33. The minimum absolute atomic E-state index is 0.182. The van der Waals surface area contributed by atoms with E-state index in [4.69, 9.17) is 11.6 Å². The van der Waals surface area contributed by atoms with Crippen molar-refractivity contribution in [2.45, 2.75) is 63.7 Å². The Morgan fingerprint density at radius 2 is 1.70 bits per heavy atom. The number of unbranched alkanes of at least 4 members (excludes halogenated alkanes) is 6. The van der Waals surface area contributed by atoms with Crippen molar-refractivity contribution >= 4 is 33.0 Å². The molecule has 0 aliphatic heterocycles. The van der Waals surface area contributed by atoms with E-state index in [2.05, 4.69) is 36.6 Å². The third kappa shape index (κ3) is 4.49. The minimum atomic E-state index is 0.182. The third-order valence-corrected chi connectivity index (χ3v) is 5.34. The molecule has 0 fully saturated rings. The van der Waals surface area contributed by atoms with Gasteiger partial charge in [0.15, 0.2) is 0 Å². The smallest absolute Gasteiger partial charge is 0.0599 e. The van der Waals surface area contributed by atoms with Crippen molar-refractivity contribution in [3.8, 4) is 0 Å². The van der Waals surface area contributed by atoms with Crippen molar-refractivity contribution in [3.63, 3.8) is 0 Å². The molecule has 0 aliphatic rings. The number of halogens is 1. The molecule has 0 nitrogen and oxygen atoms in total. The van der Waals surface area contributed by atoms with Gasteiger partial charge in [-0.15, -0.1) is 22.9 Å². The van der Waals surface area contributed by atoms with Gasteiger partial charge >= 0.3 is 0 Å². The van der Waals surface area contributed by atoms with Crippen molar-refractivity contribution in [3.05, 3.63) is 35.2 Å². The summed E-state index contributed by atoms with van der Waals surface area (Å²) < 4.78 is 1.35. The summed E-state index contributed by atoms with van der Waals surface area (Å²) in [7, 11) is 0. The molecule has 1 unspecified atom stereocenters. The molecule has 0 bridgehead atoms. The number of benzene rings is 1. The van der Waals surface area contributed by atoms with Crippen LogP contribution < -0.4 is 0 Å². The first kappa shape index (κ1) is 15.9. The molecule has 2 rings (SSSR count). The minimum Gasteiger partial charge on any atom is -0.143 e. The van der Waals surface area contributed by atoms with E-state index in [1.807, 2.05) is 11.3 Å². The van der Waals surface area contributed by atoms with Crippen LogP contribution in [-0.4, -0.2) is 0 Å². The number of alkyl halides is 1.